The van der Waals surface area contributed by atoms with Crippen molar-refractivity contribution in [1.29, 1.82) is 0 Å². The molecule has 0 aromatic carbocycles. The first kappa shape index (κ1) is 12.9. The van der Waals surface area contributed by atoms with Crippen LogP contribution in [0.25, 0.3) is 0 Å². The van der Waals surface area contributed by atoms with Gasteiger partial charge in [0.2, 0.25) is 17.7 Å². The number of ether oxygens (including phenoxy) is 2. The molecule has 100 valence electrons. The zero-order chi connectivity index (χ0) is 13.0. The van der Waals surface area contributed by atoms with Crippen molar-refractivity contribution in [3.05, 3.63) is 6.07 Å². The fourth-order valence-electron chi connectivity index (χ4n) is 2.23. The molecule has 3 N–H and O–H groups in total. The molecule has 2 unspecified atom stereocenters. The van der Waals surface area contributed by atoms with Gasteiger partial charge in [-0.1, -0.05) is 6.42 Å². The predicted octanol–water partition coefficient (Wildman–Crippen LogP) is 1.03. The van der Waals surface area contributed by atoms with Crippen molar-refractivity contribution in [2.75, 3.05) is 26.1 Å². The van der Waals surface area contributed by atoms with Crippen LogP contribution in [0.1, 0.15) is 19.3 Å². The SMILES string of the molecule is COc1cc(OC)nc(NCC2CCCC2N)n1. The maximum absolute atomic E-state index is 6.03. The van der Waals surface area contributed by atoms with Crippen LogP contribution in [0.3, 0.4) is 0 Å². The number of nitrogens with two attached hydrogens (primary N) is 1. The Labute approximate surface area is 107 Å². The van der Waals surface area contributed by atoms with Gasteiger partial charge in [0.05, 0.1) is 20.3 Å². The first-order valence-corrected chi connectivity index (χ1v) is 6.19. The largest absolute Gasteiger partial charge is 0.481 e. The Hall–Kier alpha value is -1.56. The second kappa shape index (κ2) is 5.86. The molecule has 18 heavy (non-hydrogen) atoms. The molecule has 0 amide bonds. The van der Waals surface area contributed by atoms with E-state index in [1.807, 2.05) is 0 Å². The van der Waals surface area contributed by atoms with E-state index in [2.05, 4.69) is 15.3 Å². The van der Waals surface area contributed by atoms with Crippen LogP contribution in [0.4, 0.5) is 5.95 Å². The van der Waals surface area contributed by atoms with Gasteiger partial charge >= 0.3 is 0 Å². The number of nitrogens with zero attached hydrogens (tertiary/aromatic N) is 2. The van der Waals surface area contributed by atoms with Crippen LogP contribution in [0.15, 0.2) is 6.07 Å². The number of hydrogen-bond acceptors (Lipinski definition) is 6. The van der Waals surface area contributed by atoms with Gasteiger partial charge < -0.3 is 20.5 Å². The molecule has 6 heteroatoms. The summed E-state index contributed by atoms with van der Waals surface area (Å²) in [7, 11) is 3.14. The molecule has 1 aromatic rings. The molecule has 1 aliphatic rings. The number of methoxy groups -OCH3 is 2. The van der Waals surface area contributed by atoms with Crippen LogP contribution in [0.5, 0.6) is 11.8 Å². The summed E-state index contributed by atoms with van der Waals surface area (Å²) in [6.07, 6.45) is 3.47. The minimum atomic E-state index is 0.282. The van der Waals surface area contributed by atoms with E-state index in [1.54, 1.807) is 20.3 Å². The van der Waals surface area contributed by atoms with Crippen LogP contribution in [-0.2, 0) is 0 Å². The van der Waals surface area contributed by atoms with Crippen molar-refractivity contribution in [2.24, 2.45) is 11.7 Å². The molecule has 0 saturated heterocycles. The molecule has 1 aliphatic carbocycles. The zero-order valence-electron chi connectivity index (χ0n) is 10.8. The van der Waals surface area contributed by atoms with E-state index >= 15 is 0 Å². The Morgan fingerprint density at radius 1 is 1.28 bits per heavy atom. The topological polar surface area (TPSA) is 82.3 Å². The Bertz CT molecular complexity index is 377. The minimum Gasteiger partial charge on any atom is -0.481 e. The van der Waals surface area contributed by atoms with Gasteiger partial charge in [-0.05, 0) is 18.8 Å². The van der Waals surface area contributed by atoms with Crippen molar-refractivity contribution in [2.45, 2.75) is 25.3 Å². The molecule has 1 saturated carbocycles. The lowest BCUT2D eigenvalue weighted by molar-refractivity contribution is 0.372. The van der Waals surface area contributed by atoms with Crippen molar-refractivity contribution in [3.8, 4) is 11.8 Å². The highest BCUT2D eigenvalue weighted by molar-refractivity contribution is 5.33. The maximum Gasteiger partial charge on any atom is 0.229 e. The summed E-state index contributed by atoms with van der Waals surface area (Å²) < 4.78 is 10.2. The van der Waals surface area contributed by atoms with Gasteiger partial charge in [0.1, 0.15) is 0 Å². The second-order valence-corrected chi connectivity index (χ2v) is 4.51. The molecule has 1 fully saturated rings. The summed E-state index contributed by atoms with van der Waals surface area (Å²) in [5, 5.41) is 3.20. The zero-order valence-corrected chi connectivity index (χ0v) is 10.8. The van der Waals surface area contributed by atoms with Gasteiger partial charge in [-0.2, -0.15) is 9.97 Å². The summed E-state index contributed by atoms with van der Waals surface area (Å²) in [6, 6.07) is 1.93. The summed E-state index contributed by atoms with van der Waals surface area (Å²) in [4.78, 5) is 8.44. The molecule has 0 aliphatic heterocycles. The molecule has 1 heterocycles. The molecule has 2 atom stereocenters. The van der Waals surface area contributed by atoms with Gasteiger partial charge in [0.15, 0.2) is 0 Å². The molecule has 6 nitrogen and oxygen atoms in total. The molecule has 2 rings (SSSR count). The van der Waals surface area contributed by atoms with E-state index < -0.39 is 0 Å². The third-order valence-corrected chi connectivity index (χ3v) is 3.34. The van der Waals surface area contributed by atoms with Gasteiger partial charge in [-0.3, -0.25) is 0 Å². The second-order valence-electron chi connectivity index (χ2n) is 4.51. The van der Waals surface area contributed by atoms with E-state index in [9.17, 15) is 0 Å². The fourth-order valence-corrected chi connectivity index (χ4v) is 2.23. The lowest BCUT2D eigenvalue weighted by Gasteiger charge is -2.16. The number of aromatic nitrogens is 2. The summed E-state index contributed by atoms with van der Waals surface area (Å²) in [6.45, 7) is 0.789. The fraction of sp³-hybridized carbons (Fsp3) is 0.667. The average molecular weight is 252 g/mol. The van der Waals surface area contributed by atoms with Crippen LogP contribution in [0.2, 0.25) is 0 Å². The summed E-state index contributed by atoms with van der Waals surface area (Å²) in [5.41, 5.74) is 6.03. The van der Waals surface area contributed by atoms with Crippen molar-refractivity contribution < 1.29 is 9.47 Å². The summed E-state index contributed by atoms with van der Waals surface area (Å²) >= 11 is 0. The molecule has 0 bridgehead atoms. The average Bonchev–Trinajstić information content (AvgIpc) is 2.81. The Kier molecular flexibility index (Phi) is 4.19. The smallest absolute Gasteiger partial charge is 0.229 e. The maximum atomic E-state index is 6.03. The van der Waals surface area contributed by atoms with E-state index in [0.717, 1.165) is 19.4 Å². The van der Waals surface area contributed by atoms with Gasteiger partial charge in [0, 0.05) is 12.6 Å². The normalized spacial score (nSPS) is 22.8. The number of anilines is 1. The van der Waals surface area contributed by atoms with E-state index in [1.165, 1.54) is 6.42 Å². The van der Waals surface area contributed by atoms with Crippen LogP contribution in [0, 0.1) is 5.92 Å². The van der Waals surface area contributed by atoms with E-state index in [4.69, 9.17) is 15.2 Å². The molecular weight excluding hydrogens is 232 g/mol. The van der Waals surface area contributed by atoms with Crippen molar-refractivity contribution in [3.63, 3.8) is 0 Å². The highest BCUT2D eigenvalue weighted by atomic mass is 16.5. The standard InChI is InChI=1S/C12H20N4O2/c1-17-10-6-11(18-2)16-12(15-10)14-7-8-4-3-5-9(8)13/h6,8-9H,3-5,7,13H2,1-2H3,(H,14,15,16). The Morgan fingerprint density at radius 2 is 1.94 bits per heavy atom. The Balaban J connectivity index is 1.99. The third-order valence-electron chi connectivity index (χ3n) is 3.34. The molecule has 1 aromatic heterocycles. The number of nitrogens with one attached hydrogen (secondary N) is 1. The quantitative estimate of drug-likeness (QED) is 0.814. The molecule has 0 spiro atoms. The van der Waals surface area contributed by atoms with Crippen molar-refractivity contribution in [1.82, 2.24) is 9.97 Å². The molecule has 0 radical (unpaired) electrons. The van der Waals surface area contributed by atoms with Crippen molar-refractivity contribution >= 4 is 5.95 Å². The van der Waals surface area contributed by atoms with Gasteiger partial charge in [0.25, 0.3) is 0 Å². The third kappa shape index (κ3) is 3.01. The molecular formula is C12H20N4O2. The van der Waals surface area contributed by atoms with Gasteiger partial charge in [-0.15, -0.1) is 0 Å². The Morgan fingerprint density at radius 3 is 2.44 bits per heavy atom. The first-order valence-electron chi connectivity index (χ1n) is 6.19. The van der Waals surface area contributed by atoms with Crippen LogP contribution >= 0.6 is 0 Å². The lowest BCUT2D eigenvalue weighted by Crippen LogP contribution is -2.30. The van der Waals surface area contributed by atoms with Crippen LogP contribution in [-0.4, -0.2) is 36.8 Å². The van der Waals surface area contributed by atoms with Crippen LogP contribution < -0.4 is 20.5 Å². The van der Waals surface area contributed by atoms with Gasteiger partial charge in [-0.25, -0.2) is 0 Å². The first-order chi connectivity index (χ1) is 8.72. The number of rotatable bonds is 5. The number of hydrogen-bond donors (Lipinski definition) is 2. The highest BCUT2D eigenvalue weighted by Crippen LogP contribution is 2.24. The van der Waals surface area contributed by atoms with E-state index in [0.29, 0.717) is 23.6 Å². The summed E-state index contributed by atoms with van der Waals surface area (Å²) in [5.74, 6) is 1.98. The van der Waals surface area contributed by atoms with E-state index in [-0.39, 0.29) is 6.04 Å². The predicted molar refractivity (Wildman–Crippen MR) is 68.9 cm³/mol. The highest BCUT2D eigenvalue weighted by Gasteiger charge is 2.23. The minimum absolute atomic E-state index is 0.282. The lowest BCUT2D eigenvalue weighted by atomic mass is 10.1. The monoisotopic (exact) mass is 252 g/mol.